The van der Waals surface area contributed by atoms with Crippen LogP contribution in [-0.2, 0) is 4.79 Å². The van der Waals surface area contributed by atoms with E-state index in [9.17, 15) is 15.0 Å². The first-order valence-electron chi connectivity index (χ1n) is 10.3. The molecule has 4 heteroatoms. The molecule has 7 atom stereocenters. The minimum Gasteiger partial charge on any atom is -0.481 e. The minimum absolute atomic E-state index is 0.163. The van der Waals surface area contributed by atoms with Crippen LogP contribution >= 0.6 is 0 Å². The lowest BCUT2D eigenvalue weighted by atomic mass is 9.75. The number of unbranched alkanes of at least 4 members (excludes halogenated alkanes) is 1. The third-order valence-electron chi connectivity index (χ3n) is 6.71. The van der Waals surface area contributed by atoms with Crippen molar-refractivity contribution in [3.8, 4) is 0 Å². The normalized spacial score (nSPS) is 33.0. The molecule has 4 nitrogen and oxygen atoms in total. The van der Waals surface area contributed by atoms with Gasteiger partial charge in [-0.15, -0.1) is 6.58 Å². The van der Waals surface area contributed by atoms with Crippen LogP contribution in [0.2, 0.25) is 0 Å². The number of aliphatic hydroxyl groups excluding tert-OH is 2. The van der Waals surface area contributed by atoms with Crippen molar-refractivity contribution in [2.75, 3.05) is 0 Å². The van der Waals surface area contributed by atoms with E-state index in [0.717, 1.165) is 38.5 Å². The number of aliphatic hydroxyl groups is 2. The van der Waals surface area contributed by atoms with Gasteiger partial charge in [-0.25, -0.2) is 0 Å². The van der Waals surface area contributed by atoms with Gasteiger partial charge in [0.2, 0.25) is 0 Å². The van der Waals surface area contributed by atoms with E-state index in [4.69, 9.17) is 5.11 Å². The quantitative estimate of drug-likeness (QED) is 0.401. The maximum absolute atomic E-state index is 10.7. The van der Waals surface area contributed by atoms with Crippen molar-refractivity contribution >= 4 is 5.97 Å². The smallest absolute Gasteiger partial charge is 0.303 e. The molecule has 2 unspecified atom stereocenters. The van der Waals surface area contributed by atoms with E-state index in [1.807, 2.05) is 0 Å². The van der Waals surface area contributed by atoms with E-state index in [1.54, 1.807) is 6.08 Å². The van der Waals surface area contributed by atoms with Crippen molar-refractivity contribution < 1.29 is 20.1 Å². The molecule has 0 saturated heterocycles. The second-order valence-electron chi connectivity index (χ2n) is 8.47. The van der Waals surface area contributed by atoms with E-state index < -0.39 is 12.1 Å². The van der Waals surface area contributed by atoms with Crippen LogP contribution < -0.4 is 0 Å². The van der Waals surface area contributed by atoms with Gasteiger partial charge in [0.05, 0.1) is 12.2 Å². The maximum atomic E-state index is 10.7. The predicted octanol–water partition coefficient (Wildman–Crippen LogP) is 4.17. The number of aliphatic carboxylic acids is 1. The molecular formula is C22H36O4. The summed E-state index contributed by atoms with van der Waals surface area (Å²) in [6.07, 6.45) is 9.88. The zero-order valence-corrected chi connectivity index (χ0v) is 16.3. The molecule has 2 rings (SSSR count). The van der Waals surface area contributed by atoms with Crippen LogP contribution in [0.15, 0.2) is 24.3 Å². The Hall–Kier alpha value is -1.13. The highest BCUT2D eigenvalue weighted by atomic mass is 16.4. The van der Waals surface area contributed by atoms with Crippen molar-refractivity contribution in [1.29, 1.82) is 0 Å². The molecule has 0 aliphatic heterocycles. The van der Waals surface area contributed by atoms with Gasteiger partial charge in [0.1, 0.15) is 0 Å². The average Bonchev–Trinajstić information content (AvgIpc) is 3.11. The molecule has 0 aromatic carbocycles. The predicted molar refractivity (Wildman–Crippen MR) is 104 cm³/mol. The highest BCUT2D eigenvalue weighted by molar-refractivity contribution is 5.66. The highest BCUT2D eigenvalue weighted by Gasteiger charge is 2.48. The lowest BCUT2D eigenvalue weighted by molar-refractivity contribution is -0.137. The molecule has 2 aliphatic rings. The van der Waals surface area contributed by atoms with Crippen molar-refractivity contribution in [3.05, 3.63) is 24.3 Å². The van der Waals surface area contributed by atoms with Gasteiger partial charge >= 0.3 is 5.97 Å². The van der Waals surface area contributed by atoms with Crippen molar-refractivity contribution in [2.24, 2.45) is 29.6 Å². The van der Waals surface area contributed by atoms with Gasteiger partial charge in [-0.1, -0.05) is 38.0 Å². The van der Waals surface area contributed by atoms with Gasteiger partial charge in [-0.3, -0.25) is 4.79 Å². The molecule has 0 bridgehead atoms. The molecule has 148 valence electrons. The van der Waals surface area contributed by atoms with Crippen LogP contribution in [0.5, 0.6) is 0 Å². The summed E-state index contributed by atoms with van der Waals surface area (Å²) >= 11 is 0. The average molecular weight is 365 g/mol. The van der Waals surface area contributed by atoms with E-state index in [-0.39, 0.29) is 18.4 Å². The van der Waals surface area contributed by atoms with Gasteiger partial charge < -0.3 is 15.3 Å². The number of hydrogen-bond donors (Lipinski definition) is 3. The molecule has 0 amide bonds. The third-order valence-corrected chi connectivity index (χ3v) is 6.71. The summed E-state index contributed by atoms with van der Waals surface area (Å²) < 4.78 is 0. The lowest BCUT2D eigenvalue weighted by Gasteiger charge is -2.32. The summed E-state index contributed by atoms with van der Waals surface area (Å²) in [4.78, 5) is 10.6. The van der Waals surface area contributed by atoms with E-state index in [1.165, 1.54) is 5.57 Å². The Kier molecular flexibility index (Phi) is 7.90. The SMILES string of the molecule is C=C[C@@H](O)C(C)CC(CC)[C@@H]1[C@H]2C/C(=C/CCCC(=O)O)C[C@H]2C[C@H]1O. The second-order valence-corrected chi connectivity index (χ2v) is 8.47. The third kappa shape index (κ3) is 5.20. The Morgan fingerprint density at radius 1 is 1.38 bits per heavy atom. The van der Waals surface area contributed by atoms with Crippen molar-refractivity contribution in [2.45, 2.75) is 77.4 Å². The monoisotopic (exact) mass is 364 g/mol. The van der Waals surface area contributed by atoms with E-state index >= 15 is 0 Å². The Balaban J connectivity index is 1.97. The summed E-state index contributed by atoms with van der Waals surface area (Å²) in [5, 5.41) is 29.5. The summed E-state index contributed by atoms with van der Waals surface area (Å²) in [7, 11) is 0. The first-order chi connectivity index (χ1) is 12.4. The number of hydrogen-bond acceptors (Lipinski definition) is 3. The Morgan fingerprint density at radius 2 is 2.12 bits per heavy atom. The number of fused-ring (bicyclic) bond motifs is 1. The van der Waals surface area contributed by atoms with Gasteiger partial charge in [0.15, 0.2) is 0 Å². The summed E-state index contributed by atoms with van der Waals surface area (Å²) in [5.74, 6) is 1.28. The van der Waals surface area contributed by atoms with Gasteiger partial charge in [0, 0.05) is 6.42 Å². The molecule has 0 aromatic rings. The summed E-state index contributed by atoms with van der Waals surface area (Å²) in [5.41, 5.74) is 1.45. The number of allylic oxidation sites excluding steroid dienone is 2. The summed E-state index contributed by atoms with van der Waals surface area (Å²) in [6, 6.07) is 0. The maximum Gasteiger partial charge on any atom is 0.303 e. The largest absolute Gasteiger partial charge is 0.481 e. The second kappa shape index (κ2) is 9.70. The molecule has 0 radical (unpaired) electrons. The number of carbonyl (C=O) groups is 1. The molecular weight excluding hydrogens is 328 g/mol. The Morgan fingerprint density at radius 3 is 2.73 bits per heavy atom. The van der Waals surface area contributed by atoms with E-state index in [0.29, 0.717) is 30.1 Å². The molecule has 3 N–H and O–H groups in total. The van der Waals surface area contributed by atoms with Crippen LogP contribution in [0.25, 0.3) is 0 Å². The Bertz CT molecular complexity index is 512. The van der Waals surface area contributed by atoms with Gasteiger partial charge in [0.25, 0.3) is 0 Å². The molecule has 2 fully saturated rings. The fourth-order valence-electron chi connectivity index (χ4n) is 5.34. The molecule has 0 heterocycles. The number of rotatable bonds is 10. The molecule has 2 aliphatic carbocycles. The van der Waals surface area contributed by atoms with Crippen molar-refractivity contribution in [3.63, 3.8) is 0 Å². The van der Waals surface area contributed by atoms with Gasteiger partial charge in [-0.2, -0.15) is 0 Å². The fourth-order valence-corrected chi connectivity index (χ4v) is 5.34. The van der Waals surface area contributed by atoms with Crippen LogP contribution in [0.4, 0.5) is 0 Å². The standard InChI is InChI=1S/C22H36O4/c1-4-16(10-14(3)19(23)5-2)22-18-12-15(8-6-7-9-21(25)26)11-17(18)13-20(22)24/h5,8,14,16-20,22-24H,2,4,6-7,9-13H2,1,3H3,(H,25,26)/b15-8+/t14?,16?,17-,18-,19+,20+,22+/m0/s1. The zero-order chi connectivity index (χ0) is 19.3. The topological polar surface area (TPSA) is 77.8 Å². The number of carboxylic acid groups (broad SMARTS) is 1. The molecule has 0 aromatic heterocycles. The molecule has 2 saturated carbocycles. The van der Waals surface area contributed by atoms with Crippen molar-refractivity contribution in [1.82, 2.24) is 0 Å². The van der Waals surface area contributed by atoms with Crippen LogP contribution in [0.1, 0.15) is 65.2 Å². The summed E-state index contributed by atoms with van der Waals surface area (Å²) in [6.45, 7) is 7.95. The lowest BCUT2D eigenvalue weighted by Crippen LogP contribution is -2.30. The first kappa shape index (κ1) is 21.2. The van der Waals surface area contributed by atoms with Crippen LogP contribution in [0, 0.1) is 29.6 Å². The van der Waals surface area contributed by atoms with E-state index in [2.05, 4.69) is 26.5 Å². The molecule has 26 heavy (non-hydrogen) atoms. The van der Waals surface area contributed by atoms with Crippen LogP contribution in [-0.4, -0.2) is 33.5 Å². The zero-order valence-electron chi connectivity index (χ0n) is 16.3. The van der Waals surface area contributed by atoms with Crippen LogP contribution in [0.3, 0.4) is 0 Å². The minimum atomic E-state index is -0.725. The highest BCUT2D eigenvalue weighted by Crippen LogP contribution is 2.53. The number of carboxylic acids is 1. The van der Waals surface area contributed by atoms with Gasteiger partial charge in [-0.05, 0) is 68.1 Å². The molecule has 0 spiro atoms. The Labute approximate surface area is 158 Å². The fraction of sp³-hybridized carbons (Fsp3) is 0.773. The first-order valence-corrected chi connectivity index (χ1v) is 10.3.